The zero-order chi connectivity index (χ0) is 17.8. The number of benzene rings is 2. The smallest absolute Gasteiger partial charge is 0.240 e. The highest BCUT2D eigenvalue weighted by Gasteiger charge is 2.26. The van der Waals surface area contributed by atoms with E-state index in [2.05, 4.69) is 15.5 Å². The SMILES string of the molecule is CN(C)C(=O)[C@H](Sc1nnnn1-c1cccc(Cl)c1)c1ccccc1. The van der Waals surface area contributed by atoms with E-state index in [0.29, 0.717) is 10.2 Å². The van der Waals surface area contributed by atoms with Gasteiger partial charge in [0.15, 0.2) is 0 Å². The van der Waals surface area contributed by atoms with Crippen LogP contribution in [-0.4, -0.2) is 45.1 Å². The van der Waals surface area contributed by atoms with Crippen LogP contribution in [0.5, 0.6) is 0 Å². The van der Waals surface area contributed by atoms with E-state index in [1.54, 1.807) is 35.8 Å². The molecule has 0 saturated heterocycles. The molecule has 0 unspecified atom stereocenters. The molecule has 1 atom stereocenters. The minimum absolute atomic E-state index is 0.0307. The molecule has 0 bridgehead atoms. The van der Waals surface area contributed by atoms with Gasteiger partial charge in [-0.05, 0) is 34.2 Å². The predicted octanol–water partition coefficient (Wildman–Crippen LogP) is 3.24. The van der Waals surface area contributed by atoms with Gasteiger partial charge in [-0.3, -0.25) is 4.79 Å². The summed E-state index contributed by atoms with van der Waals surface area (Å²) in [7, 11) is 3.47. The number of likely N-dealkylation sites (N-methyl/N-ethyl adjacent to an activating group) is 1. The van der Waals surface area contributed by atoms with Crippen molar-refractivity contribution in [3.05, 3.63) is 65.2 Å². The predicted molar refractivity (Wildman–Crippen MR) is 97.9 cm³/mol. The number of halogens is 1. The van der Waals surface area contributed by atoms with Gasteiger partial charge in [-0.2, -0.15) is 4.68 Å². The molecule has 0 fully saturated rings. The molecular formula is C17H16ClN5OS. The molecule has 3 rings (SSSR count). The maximum absolute atomic E-state index is 12.7. The molecule has 2 aromatic carbocycles. The number of aromatic nitrogens is 4. The van der Waals surface area contributed by atoms with Crippen molar-refractivity contribution in [1.29, 1.82) is 0 Å². The molecule has 0 radical (unpaired) electrons. The number of amides is 1. The Labute approximate surface area is 154 Å². The molecule has 6 nitrogen and oxygen atoms in total. The third-order valence-corrected chi connectivity index (χ3v) is 4.89. The molecule has 25 heavy (non-hydrogen) atoms. The highest BCUT2D eigenvalue weighted by Crippen LogP contribution is 2.35. The highest BCUT2D eigenvalue weighted by atomic mass is 35.5. The fraction of sp³-hybridized carbons (Fsp3) is 0.176. The minimum Gasteiger partial charge on any atom is -0.348 e. The zero-order valence-corrected chi connectivity index (χ0v) is 15.3. The van der Waals surface area contributed by atoms with Crippen molar-refractivity contribution >= 4 is 29.3 Å². The summed E-state index contributed by atoms with van der Waals surface area (Å²) in [4.78, 5) is 14.2. The largest absolute Gasteiger partial charge is 0.348 e. The van der Waals surface area contributed by atoms with Crippen LogP contribution in [0.15, 0.2) is 59.8 Å². The number of carbonyl (C=O) groups excluding carboxylic acids is 1. The molecule has 3 aromatic rings. The first-order valence-corrected chi connectivity index (χ1v) is 8.79. The van der Waals surface area contributed by atoms with E-state index in [1.165, 1.54) is 11.8 Å². The zero-order valence-electron chi connectivity index (χ0n) is 13.7. The van der Waals surface area contributed by atoms with E-state index in [4.69, 9.17) is 11.6 Å². The van der Waals surface area contributed by atoms with Crippen molar-refractivity contribution in [3.8, 4) is 5.69 Å². The van der Waals surface area contributed by atoms with Crippen LogP contribution < -0.4 is 0 Å². The van der Waals surface area contributed by atoms with Crippen LogP contribution in [0.1, 0.15) is 10.8 Å². The molecular weight excluding hydrogens is 358 g/mol. The monoisotopic (exact) mass is 373 g/mol. The van der Waals surface area contributed by atoms with Crippen LogP contribution in [-0.2, 0) is 4.79 Å². The molecule has 1 amide bonds. The van der Waals surface area contributed by atoms with Crippen LogP contribution in [0.3, 0.4) is 0 Å². The average Bonchev–Trinajstić information content (AvgIpc) is 3.08. The molecule has 0 aliphatic rings. The van der Waals surface area contributed by atoms with E-state index in [9.17, 15) is 4.79 Å². The second-order valence-electron chi connectivity index (χ2n) is 5.49. The van der Waals surface area contributed by atoms with Gasteiger partial charge < -0.3 is 4.90 Å². The van der Waals surface area contributed by atoms with Crippen LogP contribution in [0, 0.1) is 0 Å². The van der Waals surface area contributed by atoms with Gasteiger partial charge in [-0.25, -0.2) is 0 Å². The lowest BCUT2D eigenvalue weighted by atomic mass is 10.1. The van der Waals surface area contributed by atoms with Gasteiger partial charge in [-0.15, -0.1) is 5.10 Å². The Hall–Kier alpha value is -2.38. The summed E-state index contributed by atoms with van der Waals surface area (Å²) in [5.41, 5.74) is 1.64. The maximum Gasteiger partial charge on any atom is 0.240 e. The third kappa shape index (κ3) is 4.00. The van der Waals surface area contributed by atoms with Crippen molar-refractivity contribution in [2.75, 3.05) is 14.1 Å². The Kier molecular flexibility index (Phi) is 5.35. The molecule has 0 aliphatic heterocycles. The second-order valence-corrected chi connectivity index (χ2v) is 7.00. The van der Waals surface area contributed by atoms with Gasteiger partial charge >= 0.3 is 0 Å². The van der Waals surface area contributed by atoms with Crippen molar-refractivity contribution < 1.29 is 4.79 Å². The Bertz CT molecular complexity index is 868. The Morgan fingerprint density at radius 2 is 1.92 bits per heavy atom. The summed E-state index contributed by atoms with van der Waals surface area (Å²) >= 11 is 7.36. The number of thioether (sulfide) groups is 1. The second kappa shape index (κ2) is 7.67. The number of carbonyl (C=O) groups is 1. The van der Waals surface area contributed by atoms with E-state index >= 15 is 0 Å². The Morgan fingerprint density at radius 3 is 2.60 bits per heavy atom. The Balaban J connectivity index is 1.96. The summed E-state index contributed by atoms with van der Waals surface area (Å²) in [6, 6.07) is 16.8. The summed E-state index contributed by atoms with van der Waals surface area (Å²) in [6.07, 6.45) is 0. The lowest BCUT2D eigenvalue weighted by molar-refractivity contribution is -0.128. The first-order chi connectivity index (χ1) is 12.1. The van der Waals surface area contributed by atoms with Crippen molar-refractivity contribution in [2.45, 2.75) is 10.4 Å². The van der Waals surface area contributed by atoms with E-state index in [0.717, 1.165) is 11.3 Å². The van der Waals surface area contributed by atoms with Crippen LogP contribution in [0.4, 0.5) is 0 Å². The van der Waals surface area contributed by atoms with Crippen LogP contribution >= 0.6 is 23.4 Å². The number of nitrogens with zero attached hydrogens (tertiary/aromatic N) is 5. The van der Waals surface area contributed by atoms with Crippen LogP contribution in [0.2, 0.25) is 5.02 Å². The standard InChI is InChI=1S/C17H16ClN5OS/c1-22(2)16(24)15(12-7-4-3-5-8-12)25-17-19-20-21-23(17)14-10-6-9-13(18)11-14/h3-11,15H,1-2H3/t15-/m1/s1. The molecule has 8 heteroatoms. The van der Waals surface area contributed by atoms with Gasteiger partial charge in [0, 0.05) is 19.1 Å². The molecule has 0 saturated carbocycles. The maximum atomic E-state index is 12.7. The average molecular weight is 374 g/mol. The van der Waals surface area contributed by atoms with Gasteiger partial charge in [-0.1, -0.05) is 59.8 Å². The van der Waals surface area contributed by atoms with E-state index in [1.807, 2.05) is 42.5 Å². The number of hydrogen-bond donors (Lipinski definition) is 0. The van der Waals surface area contributed by atoms with Crippen molar-refractivity contribution in [2.24, 2.45) is 0 Å². The summed E-state index contributed by atoms with van der Waals surface area (Å²) in [5, 5.41) is 12.5. The summed E-state index contributed by atoms with van der Waals surface area (Å²) in [5.74, 6) is -0.0307. The molecule has 0 aliphatic carbocycles. The summed E-state index contributed by atoms with van der Waals surface area (Å²) < 4.78 is 1.58. The highest BCUT2D eigenvalue weighted by molar-refractivity contribution is 8.00. The lowest BCUT2D eigenvalue weighted by Gasteiger charge is -2.20. The topological polar surface area (TPSA) is 63.9 Å². The quantitative estimate of drug-likeness (QED) is 0.642. The lowest BCUT2D eigenvalue weighted by Crippen LogP contribution is -2.27. The normalized spacial score (nSPS) is 12.0. The molecule has 1 heterocycles. The first-order valence-electron chi connectivity index (χ1n) is 7.53. The van der Waals surface area contributed by atoms with Crippen molar-refractivity contribution in [3.63, 3.8) is 0 Å². The van der Waals surface area contributed by atoms with Gasteiger partial charge in [0.05, 0.1) is 5.69 Å². The van der Waals surface area contributed by atoms with Gasteiger partial charge in [0.1, 0.15) is 5.25 Å². The van der Waals surface area contributed by atoms with E-state index in [-0.39, 0.29) is 5.91 Å². The number of rotatable bonds is 5. The fourth-order valence-electron chi connectivity index (χ4n) is 2.25. The molecule has 1 aromatic heterocycles. The van der Waals surface area contributed by atoms with Crippen LogP contribution in [0.25, 0.3) is 5.69 Å². The van der Waals surface area contributed by atoms with Gasteiger partial charge in [0.2, 0.25) is 11.1 Å². The van der Waals surface area contributed by atoms with Gasteiger partial charge in [0.25, 0.3) is 0 Å². The fourth-order valence-corrected chi connectivity index (χ4v) is 3.58. The third-order valence-electron chi connectivity index (χ3n) is 3.48. The molecule has 0 N–H and O–H groups in total. The molecule has 0 spiro atoms. The van der Waals surface area contributed by atoms with Crippen molar-refractivity contribution in [1.82, 2.24) is 25.1 Å². The Morgan fingerprint density at radius 1 is 1.16 bits per heavy atom. The summed E-state index contributed by atoms with van der Waals surface area (Å²) in [6.45, 7) is 0. The first kappa shape index (κ1) is 17.4. The number of tetrazole rings is 1. The minimum atomic E-state index is -0.444. The number of hydrogen-bond acceptors (Lipinski definition) is 5. The molecule has 128 valence electrons. The van der Waals surface area contributed by atoms with E-state index < -0.39 is 5.25 Å².